The Bertz CT molecular complexity index is 1050. The third-order valence-electron chi connectivity index (χ3n) is 3.87. The normalized spacial score (nSPS) is 13.5. The van der Waals surface area contributed by atoms with Crippen molar-refractivity contribution < 1.29 is 18.0 Å². The second-order valence-corrected chi connectivity index (χ2v) is 9.29. The smallest absolute Gasteiger partial charge is 0.322 e. The fraction of sp³-hybridized carbons (Fsp3) is 0.158. The second-order valence-electron chi connectivity index (χ2n) is 6.10. The van der Waals surface area contributed by atoms with Gasteiger partial charge in [0.15, 0.2) is 0 Å². The van der Waals surface area contributed by atoms with E-state index in [1.165, 1.54) is 18.2 Å². The van der Waals surface area contributed by atoms with Crippen molar-refractivity contribution in [2.24, 2.45) is 0 Å². The van der Waals surface area contributed by atoms with Crippen molar-refractivity contribution in [3.63, 3.8) is 0 Å². The van der Waals surface area contributed by atoms with Gasteiger partial charge >= 0.3 is 6.03 Å². The largest absolute Gasteiger partial charge is 0.333 e. The van der Waals surface area contributed by atoms with Crippen molar-refractivity contribution in [2.45, 2.75) is 24.0 Å². The van der Waals surface area contributed by atoms with Gasteiger partial charge in [0.2, 0.25) is 0 Å². The third kappa shape index (κ3) is 5.08. The Kier molecular flexibility index (Phi) is 5.96. The second kappa shape index (κ2) is 8.41. The van der Waals surface area contributed by atoms with Crippen molar-refractivity contribution >= 4 is 39.0 Å². The van der Waals surface area contributed by atoms with Crippen LogP contribution in [0.25, 0.3) is 0 Å². The average molecular weight is 418 g/mol. The van der Waals surface area contributed by atoms with Crippen LogP contribution >= 0.6 is 11.3 Å². The van der Waals surface area contributed by atoms with E-state index in [1.54, 1.807) is 25.1 Å². The maximum absolute atomic E-state index is 12.2. The molecule has 1 aliphatic rings. The van der Waals surface area contributed by atoms with Gasteiger partial charge in [0.05, 0.1) is 0 Å². The predicted octanol–water partition coefficient (Wildman–Crippen LogP) is 3.53. The maximum Gasteiger partial charge on any atom is 0.333 e. The van der Waals surface area contributed by atoms with Crippen LogP contribution in [-0.2, 0) is 10.0 Å². The van der Waals surface area contributed by atoms with E-state index in [2.05, 4.69) is 10.6 Å². The molecule has 1 aliphatic carbocycles. The van der Waals surface area contributed by atoms with E-state index in [1.807, 2.05) is 23.0 Å². The molecule has 2 aromatic rings. The monoisotopic (exact) mass is 417 g/mol. The van der Waals surface area contributed by atoms with E-state index < -0.39 is 16.1 Å². The van der Waals surface area contributed by atoms with Crippen molar-refractivity contribution in [3.05, 3.63) is 70.8 Å². The van der Waals surface area contributed by atoms with Gasteiger partial charge in [0.1, 0.15) is 4.21 Å². The van der Waals surface area contributed by atoms with Crippen LogP contribution in [0.1, 0.15) is 28.1 Å². The molecule has 1 aromatic heterocycles. The molecule has 28 heavy (non-hydrogen) atoms. The average Bonchev–Trinajstić information content (AvgIpc) is 3.10. The minimum atomic E-state index is -3.92. The highest BCUT2D eigenvalue weighted by atomic mass is 32.2. The van der Waals surface area contributed by atoms with E-state index in [0.29, 0.717) is 11.3 Å². The van der Waals surface area contributed by atoms with Gasteiger partial charge in [-0.05, 0) is 62.2 Å². The molecule has 0 saturated carbocycles. The Morgan fingerprint density at radius 3 is 2.36 bits per heavy atom. The van der Waals surface area contributed by atoms with Gasteiger partial charge in [0.25, 0.3) is 15.9 Å². The molecule has 9 heteroatoms. The van der Waals surface area contributed by atoms with Crippen molar-refractivity contribution in [3.8, 4) is 0 Å². The zero-order valence-electron chi connectivity index (χ0n) is 15.1. The fourth-order valence-electron chi connectivity index (χ4n) is 2.50. The lowest BCUT2D eigenvalue weighted by Crippen LogP contribution is -2.34. The van der Waals surface area contributed by atoms with Crippen LogP contribution in [0.15, 0.2) is 64.5 Å². The highest BCUT2D eigenvalue weighted by molar-refractivity contribution is 7.92. The molecule has 1 heterocycles. The minimum absolute atomic E-state index is 0.0678. The summed E-state index contributed by atoms with van der Waals surface area (Å²) < 4.78 is 26.3. The molecule has 0 unspecified atom stereocenters. The lowest BCUT2D eigenvalue weighted by Gasteiger charge is -2.10. The van der Waals surface area contributed by atoms with Crippen molar-refractivity contribution in [2.75, 3.05) is 5.32 Å². The molecule has 0 saturated heterocycles. The number of carbonyl (C=O) groups excluding carboxylic acids is 2. The highest BCUT2D eigenvalue weighted by Crippen LogP contribution is 2.20. The first-order valence-electron chi connectivity index (χ1n) is 8.52. The summed E-state index contributed by atoms with van der Waals surface area (Å²) in [6.45, 7) is 1.78. The number of sulfonamides is 1. The molecular formula is C19H19N3O4S2. The number of aryl methyl sites for hydroxylation is 1. The Labute approximate surface area is 167 Å². The lowest BCUT2D eigenvalue weighted by atomic mass is 10.1. The predicted molar refractivity (Wildman–Crippen MR) is 109 cm³/mol. The molecule has 0 spiro atoms. The molecule has 0 bridgehead atoms. The topological polar surface area (TPSA) is 104 Å². The van der Waals surface area contributed by atoms with E-state index >= 15 is 0 Å². The standard InChI is InChI=1S/C19H19N3O4S2/c1-13-7-12-17(27-13)28(25,26)22-19(24)21-16-10-8-14(9-11-16)18(23)20-15-5-3-2-4-6-15/h3,5-12H,2,4H2,1H3,(H,20,23)(H2,21,22,24). The Hall–Kier alpha value is -2.91. The zero-order chi connectivity index (χ0) is 20.1. The summed E-state index contributed by atoms with van der Waals surface area (Å²) in [6.07, 6.45) is 7.65. The number of allylic oxidation sites excluding steroid dienone is 3. The van der Waals surface area contributed by atoms with Gasteiger partial charge in [-0.25, -0.2) is 17.9 Å². The Morgan fingerprint density at radius 2 is 1.75 bits per heavy atom. The third-order valence-corrected chi connectivity index (χ3v) is 6.69. The molecular weight excluding hydrogens is 398 g/mol. The Balaban J connectivity index is 1.59. The zero-order valence-corrected chi connectivity index (χ0v) is 16.7. The SMILES string of the molecule is Cc1ccc(S(=O)(=O)NC(=O)Nc2ccc(C(=O)NC3=CCCC=C3)cc2)s1. The number of hydrogen-bond donors (Lipinski definition) is 3. The Morgan fingerprint density at radius 1 is 1.00 bits per heavy atom. The number of nitrogens with one attached hydrogen (secondary N) is 3. The maximum atomic E-state index is 12.2. The van der Waals surface area contributed by atoms with E-state index in [4.69, 9.17) is 0 Å². The lowest BCUT2D eigenvalue weighted by molar-refractivity contribution is 0.0967. The van der Waals surface area contributed by atoms with Crippen LogP contribution in [0, 0.1) is 6.92 Å². The molecule has 7 nitrogen and oxygen atoms in total. The van der Waals surface area contributed by atoms with Gasteiger partial charge in [-0.15, -0.1) is 11.3 Å². The van der Waals surface area contributed by atoms with E-state index in [0.717, 1.165) is 34.8 Å². The number of anilines is 1. The van der Waals surface area contributed by atoms with E-state index in [9.17, 15) is 18.0 Å². The number of carbonyl (C=O) groups is 2. The first kappa shape index (κ1) is 19.8. The number of urea groups is 1. The summed E-state index contributed by atoms with van der Waals surface area (Å²) in [5.74, 6) is -0.260. The van der Waals surface area contributed by atoms with E-state index in [-0.39, 0.29) is 10.1 Å². The summed E-state index contributed by atoms with van der Waals surface area (Å²) in [4.78, 5) is 25.1. The van der Waals surface area contributed by atoms with Gasteiger partial charge in [-0.1, -0.05) is 12.2 Å². The van der Waals surface area contributed by atoms with Gasteiger partial charge in [-0.3, -0.25) is 4.79 Å². The molecule has 0 fully saturated rings. The number of amides is 3. The minimum Gasteiger partial charge on any atom is -0.322 e. The summed E-state index contributed by atoms with van der Waals surface area (Å²) in [5.41, 5.74) is 1.54. The van der Waals surface area contributed by atoms with Crippen molar-refractivity contribution in [1.29, 1.82) is 0 Å². The van der Waals surface area contributed by atoms with Crippen molar-refractivity contribution in [1.82, 2.24) is 10.0 Å². The molecule has 1 aromatic carbocycles. The van der Waals surface area contributed by atoms with Gasteiger partial charge in [-0.2, -0.15) is 0 Å². The molecule has 0 aliphatic heterocycles. The molecule has 3 rings (SSSR count). The molecule has 3 N–H and O–H groups in total. The van der Waals surface area contributed by atoms with Crippen LogP contribution in [0.4, 0.5) is 10.5 Å². The van der Waals surface area contributed by atoms with Crippen LogP contribution in [-0.4, -0.2) is 20.4 Å². The number of benzene rings is 1. The van der Waals surface area contributed by atoms with Crippen LogP contribution in [0.3, 0.4) is 0 Å². The molecule has 0 atom stereocenters. The van der Waals surface area contributed by atoms with Gasteiger partial charge in [0, 0.05) is 21.8 Å². The highest BCUT2D eigenvalue weighted by Gasteiger charge is 2.19. The fourth-order valence-corrected chi connectivity index (χ4v) is 4.69. The van der Waals surface area contributed by atoms with Crippen LogP contribution in [0.2, 0.25) is 0 Å². The van der Waals surface area contributed by atoms with Crippen LogP contribution < -0.4 is 15.4 Å². The number of rotatable bonds is 5. The molecule has 0 radical (unpaired) electrons. The summed E-state index contributed by atoms with van der Waals surface area (Å²) >= 11 is 1.08. The summed E-state index contributed by atoms with van der Waals surface area (Å²) in [7, 11) is -3.92. The first-order valence-corrected chi connectivity index (χ1v) is 10.8. The first-order chi connectivity index (χ1) is 13.3. The van der Waals surface area contributed by atoms with Crippen LogP contribution in [0.5, 0.6) is 0 Å². The number of hydrogen-bond acceptors (Lipinski definition) is 5. The molecule has 3 amide bonds. The summed E-state index contributed by atoms with van der Waals surface area (Å²) in [6, 6.07) is 8.40. The quantitative estimate of drug-likeness (QED) is 0.692. The summed E-state index contributed by atoms with van der Waals surface area (Å²) in [5, 5.41) is 5.25. The van der Waals surface area contributed by atoms with Gasteiger partial charge < -0.3 is 10.6 Å². The molecule has 146 valence electrons. The number of thiophene rings is 1.